The number of carbonyl (C=O) groups is 1. The summed E-state index contributed by atoms with van der Waals surface area (Å²) in [4.78, 5) is 12.5. The number of nitrogens with one attached hydrogen (secondary N) is 1. The lowest BCUT2D eigenvalue weighted by molar-refractivity contribution is 0.104. The summed E-state index contributed by atoms with van der Waals surface area (Å²) in [6.07, 6.45) is 2.53. The van der Waals surface area contributed by atoms with Crippen LogP contribution in [0.1, 0.15) is 21.5 Å². The van der Waals surface area contributed by atoms with Crippen LogP contribution in [0.5, 0.6) is 17.2 Å². The summed E-state index contributed by atoms with van der Waals surface area (Å²) in [5.41, 5.74) is 3.59. The standard InChI is InChI=1S/C19H17NO4/c1-22-14-4-2-12(3-5-14)17(21)10-16-15-9-19-18(23-11-24-19)8-13(15)6-7-20-16/h2-5,8-10,20H,6-7,11H2,1H3/b16-10-. The van der Waals surface area contributed by atoms with Gasteiger partial charge in [0.05, 0.1) is 7.11 Å². The van der Waals surface area contributed by atoms with Gasteiger partial charge in [-0.15, -0.1) is 0 Å². The minimum atomic E-state index is -0.0503. The molecule has 0 aromatic heterocycles. The molecule has 24 heavy (non-hydrogen) atoms. The number of ketones is 1. The van der Waals surface area contributed by atoms with Crippen molar-refractivity contribution in [1.29, 1.82) is 0 Å². The molecule has 122 valence electrons. The van der Waals surface area contributed by atoms with E-state index in [1.165, 1.54) is 0 Å². The summed E-state index contributed by atoms with van der Waals surface area (Å²) in [7, 11) is 1.60. The van der Waals surface area contributed by atoms with Crippen LogP contribution in [0.15, 0.2) is 42.5 Å². The average molecular weight is 323 g/mol. The number of ether oxygens (including phenoxy) is 3. The molecule has 0 aliphatic carbocycles. The summed E-state index contributed by atoms with van der Waals surface area (Å²) >= 11 is 0. The summed E-state index contributed by atoms with van der Waals surface area (Å²) < 4.78 is 16.0. The lowest BCUT2D eigenvalue weighted by atomic mass is 9.96. The van der Waals surface area contributed by atoms with Gasteiger partial charge in [-0.05, 0) is 48.4 Å². The maximum atomic E-state index is 12.5. The van der Waals surface area contributed by atoms with Crippen LogP contribution in [-0.4, -0.2) is 26.2 Å². The second-order valence-electron chi connectivity index (χ2n) is 5.69. The van der Waals surface area contributed by atoms with E-state index in [2.05, 4.69) is 5.32 Å². The summed E-state index contributed by atoms with van der Waals surface area (Å²) in [5, 5.41) is 3.31. The van der Waals surface area contributed by atoms with Crippen molar-refractivity contribution < 1.29 is 19.0 Å². The molecule has 0 bridgehead atoms. The van der Waals surface area contributed by atoms with E-state index in [0.29, 0.717) is 5.56 Å². The maximum absolute atomic E-state index is 12.5. The molecule has 5 heteroatoms. The van der Waals surface area contributed by atoms with Crippen LogP contribution in [0.4, 0.5) is 0 Å². The Morgan fingerprint density at radius 1 is 1.17 bits per heavy atom. The van der Waals surface area contributed by atoms with Crippen LogP contribution >= 0.6 is 0 Å². The van der Waals surface area contributed by atoms with Crippen LogP contribution in [0.3, 0.4) is 0 Å². The van der Waals surface area contributed by atoms with E-state index in [0.717, 1.165) is 47.0 Å². The third kappa shape index (κ3) is 2.58. The molecule has 2 aromatic carbocycles. The smallest absolute Gasteiger partial charge is 0.231 e. The van der Waals surface area contributed by atoms with Gasteiger partial charge in [-0.25, -0.2) is 0 Å². The number of carbonyl (C=O) groups excluding carboxylic acids is 1. The van der Waals surface area contributed by atoms with Gasteiger partial charge >= 0.3 is 0 Å². The van der Waals surface area contributed by atoms with Crippen molar-refractivity contribution in [2.24, 2.45) is 0 Å². The van der Waals surface area contributed by atoms with Crippen molar-refractivity contribution in [3.63, 3.8) is 0 Å². The third-order valence-electron chi connectivity index (χ3n) is 4.25. The number of allylic oxidation sites excluding steroid dienone is 1. The molecule has 0 spiro atoms. The molecule has 2 aliphatic heterocycles. The number of hydrogen-bond donors (Lipinski definition) is 1. The number of rotatable bonds is 3. The molecular weight excluding hydrogens is 306 g/mol. The molecular formula is C19H17NO4. The van der Waals surface area contributed by atoms with Crippen LogP contribution in [-0.2, 0) is 6.42 Å². The Kier molecular flexibility index (Phi) is 3.61. The fraction of sp³-hybridized carbons (Fsp3) is 0.211. The summed E-state index contributed by atoms with van der Waals surface area (Å²) in [6, 6.07) is 11.0. The van der Waals surface area contributed by atoms with E-state index >= 15 is 0 Å². The van der Waals surface area contributed by atoms with Gasteiger partial charge in [-0.3, -0.25) is 4.79 Å². The fourth-order valence-electron chi connectivity index (χ4n) is 2.97. The van der Waals surface area contributed by atoms with Crippen LogP contribution in [0, 0.1) is 0 Å². The zero-order chi connectivity index (χ0) is 16.5. The van der Waals surface area contributed by atoms with Crippen molar-refractivity contribution in [2.45, 2.75) is 6.42 Å². The highest BCUT2D eigenvalue weighted by Crippen LogP contribution is 2.38. The van der Waals surface area contributed by atoms with Crippen LogP contribution < -0.4 is 19.5 Å². The normalized spacial score (nSPS) is 16.5. The highest BCUT2D eigenvalue weighted by molar-refractivity contribution is 6.08. The molecule has 4 rings (SSSR count). The molecule has 5 nitrogen and oxygen atoms in total. The summed E-state index contributed by atoms with van der Waals surface area (Å²) in [5.74, 6) is 2.18. The van der Waals surface area contributed by atoms with Crippen molar-refractivity contribution in [2.75, 3.05) is 20.4 Å². The Morgan fingerprint density at radius 2 is 1.92 bits per heavy atom. The van der Waals surface area contributed by atoms with Gasteiger partial charge in [0.1, 0.15) is 5.75 Å². The van der Waals surface area contributed by atoms with Crippen molar-refractivity contribution in [1.82, 2.24) is 5.32 Å². The molecule has 0 atom stereocenters. The molecule has 0 unspecified atom stereocenters. The molecule has 0 radical (unpaired) electrons. The van der Waals surface area contributed by atoms with Gasteiger partial charge in [0.2, 0.25) is 6.79 Å². The fourth-order valence-corrected chi connectivity index (χ4v) is 2.97. The molecule has 0 amide bonds. The van der Waals surface area contributed by atoms with E-state index in [4.69, 9.17) is 14.2 Å². The van der Waals surface area contributed by atoms with Gasteiger partial charge in [0.15, 0.2) is 17.3 Å². The Labute approximate surface area is 139 Å². The molecule has 0 saturated heterocycles. The van der Waals surface area contributed by atoms with Gasteiger partial charge in [-0.2, -0.15) is 0 Å². The monoisotopic (exact) mass is 323 g/mol. The number of hydrogen-bond acceptors (Lipinski definition) is 5. The highest BCUT2D eigenvalue weighted by atomic mass is 16.7. The minimum absolute atomic E-state index is 0.0503. The van der Waals surface area contributed by atoms with Gasteiger partial charge in [-0.1, -0.05) is 0 Å². The molecule has 0 fully saturated rings. The number of methoxy groups -OCH3 is 1. The van der Waals surface area contributed by atoms with E-state index in [1.54, 1.807) is 37.5 Å². The molecule has 1 N–H and O–H groups in total. The van der Waals surface area contributed by atoms with E-state index in [9.17, 15) is 4.79 Å². The lowest BCUT2D eigenvalue weighted by Crippen LogP contribution is -2.23. The Hall–Kier alpha value is -2.95. The SMILES string of the molecule is COc1ccc(C(=O)/C=C2\NCCc3cc4c(cc32)OCO4)cc1. The van der Waals surface area contributed by atoms with Crippen molar-refractivity contribution in [3.8, 4) is 17.2 Å². The first-order valence-electron chi connectivity index (χ1n) is 7.81. The maximum Gasteiger partial charge on any atom is 0.231 e. The minimum Gasteiger partial charge on any atom is -0.497 e. The van der Waals surface area contributed by atoms with Crippen LogP contribution in [0.25, 0.3) is 5.70 Å². The van der Waals surface area contributed by atoms with E-state index in [-0.39, 0.29) is 12.6 Å². The zero-order valence-electron chi connectivity index (χ0n) is 13.3. The Morgan fingerprint density at radius 3 is 2.67 bits per heavy atom. The van der Waals surface area contributed by atoms with Gasteiger partial charge in [0, 0.05) is 29.4 Å². The molecule has 2 aromatic rings. The first kappa shape index (κ1) is 14.6. The predicted molar refractivity (Wildman–Crippen MR) is 89.6 cm³/mol. The molecule has 2 aliphatic rings. The van der Waals surface area contributed by atoms with Crippen molar-refractivity contribution >= 4 is 11.5 Å². The van der Waals surface area contributed by atoms with E-state index in [1.807, 2.05) is 12.1 Å². The van der Waals surface area contributed by atoms with Gasteiger partial charge < -0.3 is 19.5 Å². The summed E-state index contributed by atoms with van der Waals surface area (Å²) in [6.45, 7) is 1.03. The topological polar surface area (TPSA) is 56.8 Å². The number of fused-ring (bicyclic) bond motifs is 2. The lowest BCUT2D eigenvalue weighted by Gasteiger charge is -2.21. The third-order valence-corrected chi connectivity index (χ3v) is 4.25. The average Bonchev–Trinajstić information content (AvgIpc) is 3.07. The van der Waals surface area contributed by atoms with Gasteiger partial charge in [0.25, 0.3) is 0 Å². The first-order valence-corrected chi connectivity index (χ1v) is 7.81. The zero-order valence-corrected chi connectivity index (χ0v) is 13.3. The highest BCUT2D eigenvalue weighted by Gasteiger charge is 2.22. The van der Waals surface area contributed by atoms with Crippen molar-refractivity contribution in [3.05, 3.63) is 59.2 Å². The molecule has 2 heterocycles. The van der Waals surface area contributed by atoms with E-state index < -0.39 is 0 Å². The second-order valence-corrected chi connectivity index (χ2v) is 5.69. The number of benzene rings is 2. The van der Waals surface area contributed by atoms with Crippen LogP contribution in [0.2, 0.25) is 0 Å². The first-order chi connectivity index (χ1) is 11.7. The second kappa shape index (κ2) is 5.92. The molecule has 0 saturated carbocycles. The Balaban J connectivity index is 1.67. The quantitative estimate of drug-likeness (QED) is 0.695. The Bertz CT molecular complexity index is 824. The predicted octanol–water partition coefficient (Wildman–Crippen LogP) is 2.79. The largest absolute Gasteiger partial charge is 0.497 e.